The summed E-state index contributed by atoms with van der Waals surface area (Å²) >= 11 is 0. The molecule has 0 amide bonds. The third-order valence-corrected chi connectivity index (χ3v) is 4.91. The maximum atomic E-state index is 13.4. The number of nitroso groups, excluding NO2 is 1. The Morgan fingerprint density at radius 1 is 0.759 bits per heavy atom. The molecule has 1 N–H and O–H groups in total. The maximum absolute atomic E-state index is 13.4. The molecule has 0 saturated heterocycles. The Hall–Kier alpha value is -4.19. The van der Waals surface area contributed by atoms with Crippen LogP contribution in [-0.4, -0.2) is 23.1 Å². The molecule has 0 atom stereocenters. The second kappa shape index (κ2) is 7.09. The molecule has 0 saturated carbocycles. The number of ketones is 1. The van der Waals surface area contributed by atoms with E-state index in [4.69, 9.17) is 0 Å². The first-order valence-electron chi connectivity index (χ1n) is 8.71. The summed E-state index contributed by atoms with van der Waals surface area (Å²) in [4.78, 5) is 48.1. The zero-order valence-corrected chi connectivity index (χ0v) is 15.0. The number of hydrogen-bond acceptors (Lipinski definition) is 5. The van der Waals surface area contributed by atoms with Gasteiger partial charge in [0, 0.05) is 16.5 Å². The largest absolute Gasteiger partial charge is 0.478 e. The second-order valence-electron chi connectivity index (χ2n) is 6.46. The zero-order valence-electron chi connectivity index (χ0n) is 15.0. The molecule has 140 valence electrons. The van der Waals surface area contributed by atoms with Crippen molar-refractivity contribution >= 4 is 45.3 Å². The van der Waals surface area contributed by atoms with Crippen LogP contribution in [0.5, 0.6) is 0 Å². The highest BCUT2D eigenvalue weighted by Crippen LogP contribution is 2.35. The van der Waals surface area contributed by atoms with E-state index in [0.29, 0.717) is 33.4 Å². The normalized spacial score (nSPS) is 10.8. The number of carboxylic acids is 1. The summed E-state index contributed by atoms with van der Waals surface area (Å²) in [6.07, 6.45) is 0.702. The van der Waals surface area contributed by atoms with Gasteiger partial charge in [0.1, 0.15) is 5.69 Å². The quantitative estimate of drug-likeness (QED) is 0.292. The molecule has 0 bridgehead atoms. The Labute approximate surface area is 164 Å². The fraction of sp³-hybridized carbons (Fsp3) is 0. The first kappa shape index (κ1) is 18.2. The molecule has 29 heavy (non-hydrogen) atoms. The standard InChI is InChI=1S/C23H13NO5/c25-12-13-9-10-18(15-6-2-1-5-14(13)15)22(26)20-11-19(23(27)28)16-7-3-4-8-17(16)21(20)24-29/h1-12H,(H,27,28). The van der Waals surface area contributed by atoms with E-state index in [-0.39, 0.29) is 22.4 Å². The first-order valence-corrected chi connectivity index (χ1v) is 8.71. The number of aldehydes is 1. The molecule has 4 aromatic carbocycles. The van der Waals surface area contributed by atoms with Crippen molar-refractivity contribution in [2.24, 2.45) is 5.18 Å². The minimum atomic E-state index is -1.21. The van der Waals surface area contributed by atoms with Gasteiger partial charge in [-0.05, 0) is 33.5 Å². The van der Waals surface area contributed by atoms with Crippen LogP contribution >= 0.6 is 0 Å². The highest BCUT2D eigenvalue weighted by molar-refractivity contribution is 6.23. The van der Waals surface area contributed by atoms with Crippen LogP contribution in [0, 0.1) is 4.91 Å². The minimum Gasteiger partial charge on any atom is -0.478 e. The summed E-state index contributed by atoms with van der Waals surface area (Å²) in [5.41, 5.74) is 0.378. The van der Waals surface area contributed by atoms with Gasteiger partial charge in [0.05, 0.1) is 11.1 Å². The van der Waals surface area contributed by atoms with Crippen LogP contribution in [0.4, 0.5) is 5.69 Å². The van der Waals surface area contributed by atoms with Crippen LogP contribution in [0.25, 0.3) is 21.5 Å². The Morgan fingerprint density at radius 2 is 1.34 bits per heavy atom. The van der Waals surface area contributed by atoms with Gasteiger partial charge in [-0.25, -0.2) is 4.79 Å². The van der Waals surface area contributed by atoms with E-state index in [1.54, 1.807) is 48.5 Å². The number of rotatable bonds is 5. The number of carboxylic acid groups (broad SMARTS) is 1. The number of aromatic carboxylic acids is 1. The highest BCUT2D eigenvalue weighted by Gasteiger charge is 2.23. The van der Waals surface area contributed by atoms with Crippen molar-refractivity contribution in [2.75, 3.05) is 0 Å². The molecule has 0 aliphatic heterocycles. The Bertz CT molecular complexity index is 1340. The predicted molar refractivity (Wildman–Crippen MR) is 109 cm³/mol. The number of fused-ring (bicyclic) bond motifs is 2. The number of benzene rings is 4. The number of carbonyl (C=O) groups excluding carboxylic acids is 2. The van der Waals surface area contributed by atoms with Gasteiger partial charge < -0.3 is 5.11 Å². The second-order valence-corrected chi connectivity index (χ2v) is 6.46. The number of hydrogen-bond donors (Lipinski definition) is 1. The van der Waals surface area contributed by atoms with E-state index in [9.17, 15) is 24.4 Å². The fourth-order valence-electron chi connectivity index (χ4n) is 3.58. The molecule has 0 heterocycles. The molecular weight excluding hydrogens is 370 g/mol. The van der Waals surface area contributed by atoms with Crippen molar-refractivity contribution in [1.82, 2.24) is 0 Å². The van der Waals surface area contributed by atoms with Crippen molar-refractivity contribution in [1.29, 1.82) is 0 Å². The van der Waals surface area contributed by atoms with Gasteiger partial charge in [0.15, 0.2) is 12.1 Å². The maximum Gasteiger partial charge on any atom is 0.336 e. The van der Waals surface area contributed by atoms with Crippen molar-refractivity contribution in [3.05, 3.63) is 93.9 Å². The van der Waals surface area contributed by atoms with Gasteiger partial charge in [-0.2, -0.15) is 0 Å². The van der Waals surface area contributed by atoms with Crippen LogP contribution in [0.15, 0.2) is 71.9 Å². The van der Waals surface area contributed by atoms with Gasteiger partial charge in [-0.1, -0.05) is 54.6 Å². The predicted octanol–water partition coefficient (Wildman–Crippen LogP) is 5.13. The number of carbonyl (C=O) groups is 3. The summed E-state index contributed by atoms with van der Waals surface area (Å²) in [5, 5.41) is 14.4. The average Bonchev–Trinajstić information content (AvgIpc) is 2.76. The van der Waals surface area contributed by atoms with Gasteiger partial charge in [0.2, 0.25) is 0 Å². The lowest BCUT2D eigenvalue weighted by Gasteiger charge is -2.12. The van der Waals surface area contributed by atoms with Crippen molar-refractivity contribution in [2.45, 2.75) is 0 Å². The fourth-order valence-corrected chi connectivity index (χ4v) is 3.58. The van der Waals surface area contributed by atoms with Gasteiger partial charge in [-0.15, -0.1) is 4.91 Å². The molecule has 4 aromatic rings. The summed E-state index contributed by atoms with van der Waals surface area (Å²) in [6, 6.07) is 17.5. The molecule has 6 heteroatoms. The SMILES string of the molecule is O=Cc1ccc(C(=O)c2cc(C(=O)O)c3ccccc3c2N=O)c2ccccc12. The van der Waals surface area contributed by atoms with E-state index >= 15 is 0 Å². The molecule has 0 spiro atoms. The summed E-state index contributed by atoms with van der Waals surface area (Å²) < 4.78 is 0. The zero-order chi connectivity index (χ0) is 20.5. The van der Waals surface area contributed by atoms with Crippen LogP contribution < -0.4 is 0 Å². The topological polar surface area (TPSA) is 101 Å². The minimum absolute atomic E-state index is 0.0924. The van der Waals surface area contributed by atoms with Gasteiger partial charge >= 0.3 is 5.97 Å². The first-order chi connectivity index (χ1) is 14.1. The highest BCUT2D eigenvalue weighted by atomic mass is 16.4. The molecular formula is C23H13NO5. The monoisotopic (exact) mass is 383 g/mol. The van der Waals surface area contributed by atoms with E-state index in [2.05, 4.69) is 5.18 Å². The average molecular weight is 383 g/mol. The third-order valence-electron chi connectivity index (χ3n) is 4.91. The van der Waals surface area contributed by atoms with E-state index in [1.165, 1.54) is 18.2 Å². The molecule has 0 radical (unpaired) electrons. The molecule has 0 unspecified atom stereocenters. The molecule has 0 aliphatic carbocycles. The van der Waals surface area contributed by atoms with Gasteiger partial charge in [0.25, 0.3) is 0 Å². The summed E-state index contributed by atoms with van der Waals surface area (Å²) in [6.45, 7) is 0. The molecule has 0 aromatic heterocycles. The van der Waals surface area contributed by atoms with E-state index in [0.717, 1.165) is 0 Å². The Kier molecular flexibility index (Phi) is 4.44. The Morgan fingerprint density at radius 3 is 1.93 bits per heavy atom. The summed E-state index contributed by atoms with van der Waals surface area (Å²) in [7, 11) is 0. The third kappa shape index (κ3) is 2.87. The molecule has 6 nitrogen and oxygen atoms in total. The summed E-state index contributed by atoms with van der Waals surface area (Å²) in [5.74, 6) is -1.75. The molecule has 0 aliphatic rings. The number of nitrogens with zero attached hydrogens (tertiary/aromatic N) is 1. The van der Waals surface area contributed by atoms with E-state index in [1.807, 2.05) is 0 Å². The van der Waals surface area contributed by atoms with Crippen LogP contribution in [-0.2, 0) is 0 Å². The van der Waals surface area contributed by atoms with Crippen molar-refractivity contribution in [3.8, 4) is 0 Å². The van der Waals surface area contributed by atoms with Crippen molar-refractivity contribution < 1.29 is 19.5 Å². The lowest BCUT2D eigenvalue weighted by molar-refractivity contribution is 0.0699. The van der Waals surface area contributed by atoms with E-state index < -0.39 is 11.8 Å². The van der Waals surface area contributed by atoms with Crippen molar-refractivity contribution in [3.63, 3.8) is 0 Å². The Balaban J connectivity index is 2.05. The van der Waals surface area contributed by atoms with Crippen LogP contribution in [0.2, 0.25) is 0 Å². The van der Waals surface area contributed by atoms with Crippen LogP contribution in [0.1, 0.15) is 36.6 Å². The lowest BCUT2D eigenvalue weighted by Crippen LogP contribution is -2.07. The lowest BCUT2D eigenvalue weighted by atomic mass is 9.91. The smallest absolute Gasteiger partial charge is 0.336 e. The van der Waals surface area contributed by atoms with Crippen LogP contribution in [0.3, 0.4) is 0 Å². The molecule has 0 fully saturated rings. The molecule has 4 rings (SSSR count). The van der Waals surface area contributed by atoms with Gasteiger partial charge in [-0.3, -0.25) is 9.59 Å².